The maximum absolute atomic E-state index is 12.4. The van der Waals surface area contributed by atoms with Gasteiger partial charge in [0.2, 0.25) is 11.0 Å². The normalized spacial score (nSPS) is 13.5. The molecule has 2 heterocycles. The van der Waals surface area contributed by atoms with E-state index >= 15 is 0 Å². The van der Waals surface area contributed by atoms with E-state index in [2.05, 4.69) is 0 Å². The van der Waals surface area contributed by atoms with Crippen molar-refractivity contribution >= 4 is 45.6 Å². The van der Waals surface area contributed by atoms with Crippen LogP contribution in [-0.4, -0.2) is 33.9 Å². The lowest BCUT2D eigenvalue weighted by molar-refractivity contribution is -0.617. The summed E-state index contributed by atoms with van der Waals surface area (Å²) in [6.07, 6.45) is 0.485. The van der Waals surface area contributed by atoms with Crippen LogP contribution >= 0.6 is 0 Å². The molecule has 180 valence electrons. The van der Waals surface area contributed by atoms with Crippen LogP contribution < -0.4 is 4.57 Å². The second-order valence-corrected chi connectivity index (χ2v) is 8.70. The Kier molecular flexibility index (Phi) is 5.93. The van der Waals surface area contributed by atoms with Crippen molar-refractivity contribution in [2.75, 3.05) is 0 Å². The Labute approximate surface area is 206 Å². The van der Waals surface area contributed by atoms with Crippen LogP contribution in [0.3, 0.4) is 0 Å². The summed E-state index contributed by atoms with van der Waals surface area (Å²) in [7, 11) is 1.92. The largest absolute Gasteiger partial charge is 0.478 e. The number of carbonyl (C=O) groups is 4. The second kappa shape index (κ2) is 9.22. The fourth-order valence-electron chi connectivity index (χ4n) is 4.69. The lowest BCUT2D eigenvalue weighted by Crippen LogP contribution is -2.32. The zero-order valence-electron chi connectivity index (χ0n) is 19.6. The van der Waals surface area contributed by atoms with Crippen molar-refractivity contribution in [1.29, 1.82) is 0 Å². The first-order valence-corrected chi connectivity index (χ1v) is 11.6. The molecule has 0 aliphatic carbocycles. The third kappa shape index (κ3) is 4.07. The fraction of sp³-hybridized carbons (Fsp3) is 0.179. The van der Waals surface area contributed by atoms with Gasteiger partial charge in [-0.2, -0.15) is 4.57 Å². The molecule has 1 saturated heterocycles. The first kappa shape index (κ1) is 23.2. The van der Waals surface area contributed by atoms with Gasteiger partial charge in [0, 0.05) is 25.0 Å². The fourth-order valence-corrected chi connectivity index (χ4v) is 4.69. The molecule has 0 radical (unpaired) electrons. The van der Waals surface area contributed by atoms with Gasteiger partial charge in [0.25, 0.3) is 11.8 Å². The number of imide groups is 1. The van der Waals surface area contributed by atoms with Gasteiger partial charge in [-0.25, -0.2) is 9.59 Å². The summed E-state index contributed by atoms with van der Waals surface area (Å²) in [5, 5.41) is 12.0. The van der Waals surface area contributed by atoms with Gasteiger partial charge in [0.1, 0.15) is 7.05 Å². The van der Waals surface area contributed by atoms with Crippen molar-refractivity contribution in [1.82, 2.24) is 5.06 Å². The zero-order valence-corrected chi connectivity index (χ0v) is 19.6. The summed E-state index contributed by atoms with van der Waals surface area (Å²) in [6.45, 7) is 0. The predicted molar refractivity (Wildman–Crippen MR) is 131 cm³/mol. The molecule has 1 fully saturated rings. The molecule has 2 amide bonds. The van der Waals surface area contributed by atoms with Crippen LogP contribution in [-0.2, 0) is 32.7 Å². The van der Waals surface area contributed by atoms with Gasteiger partial charge >= 0.3 is 11.9 Å². The first-order valence-electron chi connectivity index (χ1n) is 11.6. The van der Waals surface area contributed by atoms with Crippen molar-refractivity contribution in [3.05, 3.63) is 77.9 Å². The molecule has 8 nitrogen and oxygen atoms in total. The van der Waals surface area contributed by atoms with E-state index in [0.717, 1.165) is 27.7 Å². The number of fused-ring (bicyclic) bond motifs is 2. The molecule has 0 atom stereocenters. The van der Waals surface area contributed by atoms with E-state index in [4.69, 9.17) is 4.84 Å². The molecule has 3 aromatic carbocycles. The van der Waals surface area contributed by atoms with Gasteiger partial charge in [-0.05, 0) is 29.2 Å². The molecule has 0 bridgehead atoms. The van der Waals surface area contributed by atoms with Crippen molar-refractivity contribution < 1.29 is 33.7 Å². The number of aromatic carboxylic acids is 1. The molecule has 5 rings (SSSR count). The number of nitrogens with zero attached hydrogens (tertiary/aromatic N) is 2. The highest BCUT2D eigenvalue weighted by atomic mass is 16.7. The summed E-state index contributed by atoms with van der Waals surface area (Å²) in [4.78, 5) is 52.6. The highest BCUT2D eigenvalue weighted by molar-refractivity contribution is 6.16. The number of carbonyl (C=O) groups excluding carboxylic acids is 3. The predicted octanol–water partition coefficient (Wildman–Crippen LogP) is 3.72. The molecule has 1 aliphatic heterocycles. The number of hydroxylamine groups is 2. The third-order valence-electron chi connectivity index (χ3n) is 6.48. The van der Waals surface area contributed by atoms with Gasteiger partial charge in [0.15, 0.2) is 0 Å². The number of aryl methyl sites for hydroxylation is 2. The first-order chi connectivity index (χ1) is 17.3. The number of benzene rings is 3. The van der Waals surface area contributed by atoms with Gasteiger partial charge in [0.05, 0.1) is 22.8 Å². The van der Waals surface area contributed by atoms with Gasteiger partial charge in [-0.15, -0.1) is 5.06 Å². The van der Waals surface area contributed by atoms with E-state index in [9.17, 15) is 24.3 Å². The third-order valence-corrected chi connectivity index (χ3v) is 6.48. The average molecular weight is 484 g/mol. The van der Waals surface area contributed by atoms with Crippen LogP contribution in [0.25, 0.3) is 32.9 Å². The van der Waals surface area contributed by atoms with Crippen molar-refractivity contribution in [2.24, 2.45) is 7.05 Å². The number of hydrogen-bond donors (Lipinski definition) is 1. The van der Waals surface area contributed by atoms with E-state index < -0.39 is 23.8 Å². The lowest BCUT2D eigenvalue weighted by atomic mass is 9.93. The molecule has 0 spiro atoms. The molecule has 1 N–H and O–H groups in total. The number of hydrogen-bond acceptors (Lipinski definition) is 5. The molecule has 0 unspecified atom stereocenters. The van der Waals surface area contributed by atoms with Crippen LogP contribution in [0.1, 0.15) is 35.2 Å². The van der Waals surface area contributed by atoms with Crippen molar-refractivity contribution in [3.8, 4) is 11.1 Å². The summed E-state index contributed by atoms with van der Waals surface area (Å²) in [5.41, 5.74) is 4.40. The minimum absolute atomic E-state index is 0.00958. The molecular weight excluding hydrogens is 460 g/mol. The smallest absolute Gasteiger partial charge is 0.337 e. The van der Waals surface area contributed by atoms with Crippen LogP contribution in [0.2, 0.25) is 0 Å². The number of carboxylic acid groups (broad SMARTS) is 1. The average Bonchev–Trinajstić information content (AvgIpc) is 3.19. The number of carboxylic acids is 1. The van der Waals surface area contributed by atoms with Crippen molar-refractivity contribution in [2.45, 2.75) is 25.7 Å². The van der Waals surface area contributed by atoms with E-state index in [-0.39, 0.29) is 24.8 Å². The van der Waals surface area contributed by atoms with Gasteiger partial charge < -0.3 is 9.94 Å². The second-order valence-electron chi connectivity index (χ2n) is 8.70. The minimum Gasteiger partial charge on any atom is -0.478 e. The lowest BCUT2D eigenvalue weighted by Gasteiger charge is -2.13. The zero-order chi connectivity index (χ0) is 25.4. The van der Waals surface area contributed by atoms with Crippen molar-refractivity contribution in [3.63, 3.8) is 0 Å². The highest BCUT2D eigenvalue weighted by Crippen LogP contribution is 2.33. The van der Waals surface area contributed by atoms with E-state index in [0.29, 0.717) is 22.3 Å². The van der Waals surface area contributed by atoms with Gasteiger partial charge in [-0.1, -0.05) is 48.5 Å². The van der Waals surface area contributed by atoms with Crippen LogP contribution in [0.5, 0.6) is 0 Å². The van der Waals surface area contributed by atoms with Crippen LogP contribution in [0.15, 0.2) is 66.7 Å². The molecule has 4 aromatic rings. The molecular formula is C28H23N2O6+. The SMILES string of the molecule is C[n+]1c2ccccc2c(C(=O)O)c2c(-c3ccc(CCC(=O)ON4C(=O)CCC4=O)cc3)cccc21. The van der Waals surface area contributed by atoms with Crippen LogP contribution in [0.4, 0.5) is 0 Å². The maximum Gasteiger partial charge on any atom is 0.337 e. The topological polar surface area (TPSA) is 105 Å². The van der Waals surface area contributed by atoms with E-state index in [1.807, 2.05) is 78.3 Å². The monoisotopic (exact) mass is 483 g/mol. The molecule has 1 aliphatic rings. The molecule has 8 heteroatoms. The number of aromatic nitrogens is 1. The summed E-state index contributed by atoms with van der Waals surface area (Å²) in [5.74, 6) is -2.65. The molecule has 36 heavy (non-hydrogen) atoms. The number of para-hydroxylation sites is 1. The summed E-state index contributed by atoms with van der Waals surface area (Å²) in [6, 6.07) is 20.7. The maximum atomic E-state index is 12.4. The standard InChI is InChI=1S/C28H22N2O6/c1-29-21-7-3-2-5-20(21)27(28(34)35)26-19(6-4-8-22(26)29)18-12-9-17(10-13-18)11-16-25(33)36-30-23(31)14-15-24(30)32/h2-10,12-13H,11,14-16H2,1H3/p+1. The summed E-state index contributed by atoms with van der Waals surface area (Å²) < 4.78 is 2.00. The number of pyridine rings is 1. The Morgan fingerprint density at radius 1 is 0.917 bits per heavy atom. The summed E-state index contributed by atoms with van der Waals surface area (Å²) >= 11 is 0. The van der Waals surface area contributed by atoms with E-state index in [1.54, 1.807) is 0 Å². The molecule has 1 aromatic heterocycles. The Bertz CT molecular complexity index is 1540. The number of amides is 2. The Balaban J connectivity index is 1.44. The Hall–Kier alpha value is -4.59. The van der Waals surface area contributed by atoms with Crippen LogP contribution in [0, 0.1) is 0 Å². The van der Waals surface area contributed by atoms with Gasteiger partial charge in [-0.3, -0.25) is 9.59 Å². The quantitative estimate of drug-likeness (QED) is 0.255. The highest BCUT2D eigenvalue weighted by Gasteiger charge is 2.32. The van der Waals surface area contributed by atoms with E-state index in [1.165, 1.54) is 0 Å². The Morgan fingerprint density at radius 3 is 2.28 bits per heavy atom. The minimum atomic E-state index is -0.991. The Morgan fingerprint density at radius 2 is 1.58 bits per heavy atom. The number of rotatable bonds is 6. The molecule has 0 saturated carbocycles.